The van der Waals surface area contributed by atoms with Gasteiger partial charge in [0.15, 0.2) is 0 Å². The van der Waals surface area contributed by atoms with Crippen LogP contribution in [0.2, 0.25) is 10.0 Å². The van der Waals surface area contributed by atoms with Gasteiger partial charge in [0.25, 0.3) is 0 Å². The largest absolute Gasteiger partial charge is 0.396 e. The quantitative estimate of drug-likeness (QED) is 0.886. The van der Waals surface area contributed by atoms with Crippen LogP contribution in [0.15, 0.2) is 42.5 Å². The van der Waals surface area contributed by atoms with Gasteiger partial charge in [-0.25, -0.2) is 0 Å². The number of hydrogen-bond donors (Lipinski definition) is 2. The van der Waals surface area contributed by atoms with Crippen LogP contribution in [0.3, 0.4) is 0 Å². The zero-order valence-corrected chi connectivity index (χ0v) is 12.6. The third-order valence-corrected chi connectivity index (χ3v) is 4.10. The molecule has 0 heterocycles. The van der Waals surface area contributed by atoms with Crippen molar-refractivity contribution in [2.24, 2.45) is 0 Å². The van der Waals surface area contributed by atoms with Gasteiger partial charge in [-0.1, -0.05) is 53.5 Å². The molecule has 106 valence electrons. The number of aliphatic hydroxyl groups is 2. The average Bonchev–Trinajstić information content (AvgIpc) is 2.42. The van der Waals surface area contributed by atoms with Gasteiger partial charge in [0.05, 0.1) is 15.6 Å². The molecule has 2 aromatic carbocycles. The van der Waals surface area contributed by atoms with Gasteiger partial charge >= 0.3 is 0 Å². The van der Waals surface area contributed by atoms with Crippen molar-refractivity contribution in [3.8, 4) is 11.1 Å². The van der Waals surface area contributed by atoms with E-state index in [1.165, 1.54) is 0 Å². The third-order valence-electron chi connectivity index (χ3n) is 3.36. The third kappa shape index (κ3) is 3.33. The zero-order valence-electron chi connectivity index (χ0n) is 11.1. The minimum absolute atomic E-state index is 0.0540. The van der Waals surface area contributed by atoms with Gasteiger partial charge in [-0.3, -0.25) is 0 Å². The van der Waals surface area contributed by atoms with E-state index in [9.17, 15) is 5.11 Å². The van der Waals surface area contributed by atoms with Crippen LogP contribution in [0.25, 0.3) is 11.1 Å². The molecule has 0 aromatic heterocycles. The summed E-state index contributed by atoms with van der Waals surface area (Å²) in [6.45, 7) is 1.64. The molecule has 2 N–H and O–H groups in total. The maximum atomic E-state index is 10.2. The first-order chi connectivity index (χ1) is 9.44. The molecule has 1 unspecified atom stereocenters. The Bertz CT molecular complexity index is 592. The van der Waals surface area contributed by atoms with E-state index in [1.807, 2.05) is 36.4 Å². The van der Waals surface area contributed by atoms with E-state index in [-0.39, 0.29) is 6.61 Å². The standard InChI is InChI=1S/C16H16Cl2O2/c1-16(20,8-9-19)13-5-2-11(3-6-13)12-4-7-14(17)15(18)10-12/h2-7,10,19-20H,8-9H2,1H3. The smallest absolute Gasteiger partial charge is 0.0890 e. The highest BCUT2D eigenvalue weighted by molar-refractivity contribution is 6.42. The predicted octanol–water partition coefficient (Wildman–Crippen LogP) is 4.25. The molecule has 0 fully saturated rings. The monoisotopic (exact) mass is 310 g/mol. The van der Waals surface area contributed by atoms with Crippen LogP contribution in [-0.2, 0) is 5.60 Å². The molecule has 20 heavy (non-hydrogen) atoms. The maximum absolute atomic E-state index is 10.2. The van der Waals surface area contributed by atoms with Gasteiger partial charge in [-0.2, -0.15) is 0 Å². The molecule has 0 aliphatic rings. The zero-order chi connectivity index (χ0) is 14.8. The SMILES string of the molecule is CC(O)(CCO)c1ccc(-c2ccc(Cl)c(Cl)c2)cc1. The Morgan fingerprint density at radius 2 is 1.55 bits per heavy atom. The second-order valence-corrected chi connectivity index (χ2v) is 5.77. The maximum Gasteiger partial charge on any atom is 0.0890 e. The average molecular weight is 311 g/mol. The summed E-state index contributed by atoms with van der Waals surface area (Å²) in [4.78, 5) is 0. The van der Waals surface area contributed by atoms with Gasteiger partial charge in [0.1, 0.15) is 0 Å². The summed E-state index contributed by atoms with van der Waals surface area (Å²) in [6.07, 6.45) is 0.305. The van der Waals surface area contributed by atoms with E-state index in [2.05, 4.69) is 0 Å². The highest BCUT2D eigenvalue weighted by Crippen LogP contribution is 2.30. The molecule has 2 nitrogen and oxygen atoms in total. The number of aliphatic hydroxyl groups excluding tert-OH is 1. The molecular formula is C16H16Cl2O2. The fraction of sp³-hybridized carbons (Fsp3) is 0.250. The van der Waals surface area contributed by atoms with Gasteiger partial charge < -0.3 is 10.2 Å². The van der Waals surface area contributed by atoms with Crippen LogP contribution < -0.4 is 0 Å². The number of halogens is 2. The van der Waals surface area contributed by atoms with Crippen LogP contribution in [0.1, 0.15) is 18.9 Å². The predicted molar refractivity (Wildman–Crippen MR) is 83.2 cm³/mol. The normalized spacial score (nSPS) is 14.1. The summed E-state index contributed by atoms with van der Waals surface area (Å²) >= 11 is 11.9. The summed E-state index contributed by atoms with van der Waals surface area (Å²) in [5, 5.41) is 20.2. The molecule has 0 bridgehead atoms. The van der Waals surface area contributed by atoms with Crippen LogP contribution in [-0.4, -0.2) is 16.8 Å². The first kappa shape index (κ1) is 15.3. The van der Waals surface area contributed by atoms with Gasteiger partial charge in [-0.15, -0.1) is 0 Å². The van der Waals surface area contributed by atoms with E-state index >= 15 is 0 Å². The molecule has 0 aliphatic carbocycles. The lowest BCUT2D eigenvalue weighted by Gasteiger charge is -2.23. The van der Waals surface area contributed by atoms with E-state index in [0.717, 1.165) is 16.7 Å². The lowest BCUT2D eigenvalue weighted by Crippen LogP contribution is -2.22. The Labute approximate surface area is 128 Å². The van der Waals surface area contributed by atoms with Crippen molar-refractivity contribution >= 4 is 23.2 Å². The highest BCUT2D eigenvalue weighted by Gasteiger charge is 2.21. The van der Waals surface area contributed by atoms with Crippen LogP contribution in [0.5, 0.6) is 0 Å². The van der Waals surface area contributed by atoms with Gasteiger partial charge in [0.2, 0.25) is 0 Å². The van der Waals surface area contributed by atoms with Crippen LogP contribution in [0, 0.1) is 0 Å². The molecule has 2 rings (SSSR count). The molecule has 0 amide bonds. The van der Waals surface area contributed by atoms with Crippen LogP contribution >= 0.6 is 23.2 Å². The Hall–Kier alpha value is -1.06. The van der Waals surface area contributed by atoms with Gasteiger partial charge in [0, 0.05) is 13.0 Å². The first-order valence-corrected chi connectivity index (χ1v) is 7.09. The molecule has 0 radical (unpaired) electrons. The molecule has 0 saturated carbocycles. The highest BCUT2D eigenvalue weighted by atomic mass is 35.5. The molecule has 4 heteroatoms. The molecule has 1 atom stereocenters. The Kier molecular flexibility index (Phi) is 4.71. The van der Waals surface area contributed by atoms with Crippen molar-refractivity contribution in [1.82, 2.24) is 0 Å². The van der Waals surface area contributed by atoms with Crippen molar-refractivity contribution in [2.75, 3.05) is 6.61 Å². The Morgan fingerprint density at radius 3 is 2.10 bits per heavy atom. The lowest BCUT2D eigenvalue weighted by atomic mass is 9.91. The van der Waals surface area contributed by atoms with E-state index in [4.69, 9.17) is 28.3 Å². The van der Waals surface area contributed by atoms with Crippen molar-refractivity contribution in [2.45, 2.75) is 18.9 Å². The van der Waals surface area contributed by atoms with Crippen molar-refractivity contribution in [3.63, 3.8) is 0 Å². The molecule has 2 aromatic rings. The van der Waals surface area contributed by atoms with Crippen LogP contribution in [0.4, 0.5) is 0 Å². The molecule has 0 aliphatic heterocycles. The van der Waals surface area contributed by atoms with Gasteiger partial charge in [-0.05, 0) is 35.7 Å². The first-order valence-electron chi connectivity index (χ1n) is 6.33. The van der Waals surface area contributed by atoms with Crippen molar-refractivity contribution in [1.29, 1.82) is 0 Å². The Balaban J connectivity index is 2.30. The van der Waals surface area contributed by atoms with Crippen molar-refractivity contribution < 1.29 is 10.2 Å². The number of rotatable bonds is 4. The summed E-state index contributed by atoms with van der Waals surface area (Å²) < 4.78 is 0. The molecule has 0 spiro atoms. The number of hydrogen-bond acceptors (Lipinski definition) is 2. The minimum atomic E-state index is -1.02. The molecule has 0 saturated heterocycles. The second-order valence-electron chi connectivity index (χ2n) is 4.95. The minimum Gasteiger partial charge on any atom is -0.396 e. The second kappa shape index (κ2) is 6.15. The van der Waals surface area contributed by atoms with E-state index in [0.29, 0.717) is 16.5 Å². The fourth-order valence-corrected chi connectivity index (χ4v) is 2.36. The van der Waals surface area contributed by atoms with E-state index < -0.39 is 5.60 Å². The topological polar surface area (TPSA) is 40.5 Å². The van der Waals surface area contributed by atoms with E-state index in [1.54, 1.807) is 13.0 Å². The van der Waals surface area contributed by atoms with Crippen molar-refractivity contribution in [3.05, 3.63) is 58.1 Å². The fourth-order valence-electron chi connectivity index (χ4n) is 2.06. The summed E-state index contributed by atoms with van der Waals surface area (Å²) in [5.74, 6) is 0. The summed E-state index contributed by atoms with van der Waals surface area (Å²) in [7, 11) is 0. The number of benzene rings is 2. The lowest BCUT2D eigenvalue weighted by molar-refractivity contribution is 0.0299. The summed E-state index contributed by atoms with van der Waals surface area (Å²) in [5.41, 5.74) is 1.71. The summed E-state index contributed by atoms with van der Waals surface area (Å²) in [6, 6.07) is 13.0. The molecular weight excluding hydrogens is 295 g/mol. The Morgan fingerprint density at radius 1 is 0.950 bits per heavy atom.